The maximum atomic E-state index is 11.4. The van der Waals surface area contributed by atoms with Gasteiger partial charge in [-0.15, -0.1) is 0 Å². The molecular weight excluding hydrogens is 284 g/mol. The third kappa shape index (κ3) is 4.82. The molecule has 0 amide bonds. The van der Waals surface area contributed by atoms with E-state index in [1.165, 1.54) is 12.1 Å². The van der Waals surface area contributed by atoms with Gasteiger partial charge in [-0.05, 0) is 24.5 Å². The standard InChI is InChI=1S/C13H18O6S/c1-2-3-4-5-7-10-8-6-9-11(19-13(14)15)12(10)20(16,17)18/h6,8-9H,2-5,7H2,1H3,(H,14,15)(H,16,17,18)/p-1. The highest BCUT2D eigenvalue weighted by atomic mass is 32.2. The quantitative estimate of drug-likeness (QED) is 0.356. The number of hydrogen-bond donors (Lipinski definition) is 1. The van der Waals surface area contributed by atoms with Crippen LogP contribution in [0.25, 0.3) is 0 Å². The van der Waals surface area contributed by atoms with Crippen molar-refractivity contribution < 1.29 is 27.6 Å². The van der Waals surface area contributed by atoms with Gasteiger partial charge >= 0.3 is 0 Å². The largest absolute Gasteiger partial charge is 0.513 e. The zero-order chi connectivity index (χ0) is 15.2. The van der Waals surface area contributed by atoms with Crippen LogP contribution >= 0.6 is 0 Å². The molecule has 0 atom stereocenters. The van der Waals surface area contributed by atoms with E-state index in [1.807, 2.05) is 0 Å². The average Bonchev–Trinajstić information content (AvgIpc) is 2.32. The van der Waals surface area contributed by atoms with Gasteiger partial charge in [-0.2, -0.15) is 8.42 Å². The average molecular weight is 301 g/mol. The second-order valence-electron chi connectivity index (χ2n) is 4.38. The highest BCUT2D eigenvalue weighted by molar-refractivity contribution is 7.86. The Balaban J connectivity index is 3.07. The van der Waals surface area contributed by atoms with Crippen molar-refractivity contribution in [3.63, 3.8) is 0 Å². The zero-order valence-corrected chi connectivity index (χ0v) is 12.0. The molecule has 0 unspecified atom stereocenters. The van der Waals surface area contributed by atoms with Crippen LogP contribution in [0, 0.1) is 0 Å². The number of carbonyl (C=O) groups is 1. The van der Waals surface area contributed by atoms with Crippen molar-refractivity contribution in [2.24, 2.45) is 0 Å². The lowest BCUT2D eigenvalue weighted by molar-refractivity contribution is -0.271. The van der Waals surface area contributed by atoms with Crippen molar-refractivity contribution in [1.82, 2.24) is 0 Å². The van der Waals surface area contributed by atoms with E-state index < -0.39 is 26.9 Å². The number of ether oxygens (including phenoxy) is 1. The van der Waals surface area contributed by atoms with E-state index in [-0.39, 0.29) is 0 Å². The van der Waals surface area contributed by atoms with Gasteiger partial charge < -0.3 is 14.6 Å². The summed E-state index contributed by atoms with van der Waals surface area (Å²) < 4.78 is 36.4. The van der Waals surface area contributed by atoms with Gasteiger partial charge in [0.2, 0.25) is 0 Å². The molecule has 0 fully saturated rings. The van der Waals surface area contributed by atoms with Gasteiger partial charge in [0.05, 0.1) is 5.75 Å². The minimum atomic E-state index is -4.57. The molecule has 6 nitrogen and oxygen atoms in total. The number of carbonyl (C=O) groups excluding carboxylic acids is 1. The first kappa shape index (κ1) is 16.5. The first-order valence-corrected chi connectivity index (χ1v) is 7.78. The number of rotatable bonds is 7. The molecule has 0 aromatic heterocycles. The lowest BCUT2D eigenvalue weighted by Gasteiger charge is -2.15. The fraction of sp³-hybridized carbons (Fsp3) is 0.462. The summed E-state index contributed by atoms with van der Waals surface area (Å²) in [4.78, 5) is 9.95. The lowest BCUT2D eigenvalue weighted by atomic mass is 10.1. The van der Waals surface area contributed by atoms with Crippen LogP contribution in [0.1, 0.15) is 38.2 Å². The molecule has 0 aliphatic carbocycles. The van der Waals surface area contributed by atoms with E-state index in [1.54, 1.807) is 0 Å². The molecule has 0 bridgehead atoms. The summed E-state index contributed by atoms with van der Waals surface area (Å²) in [5, 5.41) is 10.4. The number of benzene rings is 1. The van der Waals surface area contributed by atoms with E-state index >= 15 is 0 Å². The van der Waals surface area contributed by atoms with Gasteiger partial charge in [0.25, 0.3) is 16.3 Å². The van der Waals surface area contributed by atoms with Crippen LogP contribution in [-0.4, -0.2) is 19.1 Å². The fourth-order valence-corrected chi connectivity index (χ4v) is 2.83. The summed E-state index contributed by atoms with van der Waals surface area (Å²) in [5.74, 6) is -0.430. The molecule has 20 heavy (non-hydrogen) atoms. The molecule has 1 N–H and O–H groups in total. The van der Waals surface area contributed by atoms with Crippen molar-refractivity contribution in [1.29, 1.82) is 0 Å². The summed E-state index contributed by atoms with van der Waals surface area (Å²) in [6, 6.07) is 4.16. The number of hydrogen-bond acceptors (Lipinski definition) is 5. The molecule has 7 heteroatoms. The van der Waals surface area contributed by atoms with Crippen LogP contribution in [0.15, 0.2) is 23.1 Å². The molecule has 0 radical (unpaired) electrons. The van der Waals surface area contributed by atoms with Crippen molar-refractivity contribution in [2.75, 3.05) is 0 Å². The topological polar surface area (TPSA) is 104 Å². The maximum absolute atomic E-state index is 11.4. The van der Waals surface area contributed by atoms with Crippen molar-refractivity contribution in [2.45, 2.75) is 43.9 Å². The van der Waals surface area contributed by atoms with Gasteiger partial charge in [-0.25, -0.2) is 0 Å². The molecule has 112 valence electrons. The van der Waals surface area contributed by atoms with E-state index in [2.05, 4.69) is 11.7 Å². The predicted molar refractivity (Wildman–Crippen MR) is 70.1 cm³/mol. The van der Waals surface area contributed by atoms with Gasteiger partial charge in [0.1, 0.15) is 4.90 Å². The van der Waals surface area contributed by atoms with Crippen LogP contribution in [0.2, 0.25) is 0 Å². The van der Waals surface area contributed by atoms with Crippen LogP contribution in [0.3, 0.4) is 0 Å². The molecule has 0 saturated heterocycles. The number of aryl methyl sites for hydroxylation is 1. The SMILES string of the molecule is CCCCCCc1cccc(OC(=O)[O-])c1S(=O)(=O)O. The summed E-state index contributed by atoms with van der Waals surface area (Å²) >= 11 is 0. The molecule has 1 rings (SSSR count). The minimum absolute atomic E-state index is 0.336. The third-order valence-electron chi connectivity index (χ3n) is 2.81. The van der Waals surface area contributed by atoms with E-state index in [9.17, 15) is 22.9 Å². The van der Waals surface area contributed by atoms with Gasteiger partial charge in [0.15, 0.2) is 0 Å². The van der Waals surface area contributed by atoms with Crippen LogP contribution in [0.4, 0.5) is 4.79 Å². The van der Waals surface area contributed by atoms with E-state index in [0.717, 1.165) is 31.7 Å². The predicted octanol–water partition coefficient (Wildman–Crippen LogP) is 1.78. The molecule has 1 aromatic carbocycles. The Morgan fingerprint density at radius 2 is 2.00 bits per heavy atom. The van der Waals surface area contributed by atoms with E-state index in [0.29, 0.717) is 12.0 Å². The normalized spacial score (nSPS) is 11.3. The maximum Gasteiger partial charge on any atom is 0.296 e. The Kier molecular flexibility index (Phi) is 5.97. The van der Waals surface area contributed by atoms with Crippen LogP contribution in [-0.2, 0) is 16.5 Å². The van der Waals surface area contributed by atoms with Crippen molar-refractivity contribution in [3.8, 4) is 5.75 Å². The van der Waals surface area contributed by atoms with Crippen LogP contribution < -0.4 is 9.84 Å². The van der Waals surface area contributed by atoms with Gasteiger partial charge in [-0.3, -0.25) is 4.55 Å². The summed E-state index contributed by atoms with van der Waals surface area (Å²) in [7, 11) is -4.57. The molecular formula is C13H17O6S-. The Morgan fingerprint density at radius 1 is 1.30 bits per heavy atom. The Bertz CT molecular complexity index is 564. The summed E-state index contributed by atoms with van der Waals surface area (Å²) in [5.41, 5.74) is 0.336. The van der Waals surface area contributed by atoms with Crippen LogP contribution in [0.5, 0.6) is 5.75 Å². The van der Waals surface area contributed by atoms with Gasteiger partial charge in [-0.1, -0.05) is 38.3 Å². The molecule has 1 aromatic rings. The smallest absolute Gasteiger partial charge is 0.296 e. The Hall–Kier alpha value is -1.60. The lowest BCUT2D eigenvalue weighted by Crippen LogP contribution is -2.27. The molecule has 0 spiro atoms. The molecule has 0 aliphatic rings. The van der Waals surface area contributed by atoms with Crippen molar-refractivity contribution in [3.05, 3.63) is 23.8 Å². The fourth-order valence-electron chi connectivity index (χ4n) is 1.96. The summed E-state index contributed by atoms with van der Waals surface area (Å²) in [6.45, 7) is 2.05. The zero-order valence-electron chi connectivity index (χ0n) is 11.2. The third-order valence-corrected chi connectivity index (χ3v) is 3.79. The highest BCUT2D eigenvalue weighted by Crippen LogP contribution is 2.28. The number of carboxylic acid groups (broad SMARTS) is 1. The highest BCUT2D eigenvalue weighted by Gasteiger charge is 2.19. The number of unbranched alkanes of at least 4 members (excludes halogenated alkanes) is 3. The van der Waals surface area contributed by atoms with Gasteiger partial charge in [0, 0.05) is 0 Å². The molecule has 0 heterocycles. The monoisotopic (exact) mass is 301 g/mol. The Labute approximate surface area is 118 Å². The molecule has 0 saturated carbocycles. The Morgan fingerprint density at radius 3 is 2.55 bits per heavy atom. The van der Waals surface area contributed by atoms with Crippen molar-refractivity contribution >= 4 is 16.3 Å². The first-order valence-electron chi connectivity index (χ1n) is 6.34. The minimum Gasteiger partial charge on any atom is -0.513 e. The summed E-state index contributed by atoms with van der Waals surface area (Å²) in [6.07, 6.45) is 2.27. The second kappa shape index (κ2) is 7.25. The molecule has 0 aliphatic heterocycles. The first-order chi connectivity index (χ1) is 9.36. The second-order valence-corrected chi connectivity index (χ2v) is 5.74. The van der Waals surface area contributed by atoms with E-state index in [4.69, 9.17) is 0 Å².